The molecule has 0 aliphatic carbocycles. The quantitative estimate of drug-likeness (QED) is 0.388. The molecule has 5 nitrogen and oxygen atoms in total. The van der Waals surface area contributed by atoms with E-state index in [-0.39, 0.29) is 0 Å². The van der Waals surface area contributed by atoms with Gasteiger partial charge < -0.3 is 4.74 Å². The van der Waals surface area contributed by atoms with Crippen LogP contribution in [0.3, 0.4) is 0 Å². The van der Waals surface area contributed by atoms with Crippen LogP contribution in [0.4, 0.5) is 10.6 Å². The van der Waals surface area contributed by atoms with Crippen LogP contribution in [0, 0.1) is 0 Å². The van der Waals surface area contributed by atoms with Crippen molar-refractivity contribution in [3.8, 4) is 5.75 Å². The lowest BCUT2D eigenvalue weighted by atomic mass is 10.1. The Morgan fingerprint density at radius 1 is 1.04 bits per heavy atom. The number of fused-ring (bicyclic) bond motifs is 1. The normalized spacial score (nSPS) is 10.6. The van der Waals surface area contributed by atoms with Crippen molar-refractivity contribution in [1.82, 2.24) is 4.98 Å². The Labute approximate surface area is 174 Å². The summed E-state index contributed by atoms with van der Waals surface area (Å²) in [5.41, 5.74) is 0. The van der Waals surface area contributed by atoms with E-state index in [4.69, 9.17) is 16.3 Å². The lowest BCUT2D eigenvalue weighted by Crippen LogP contribution is -2.58. The number of halogens is 2. The zero-order valence-electron chi connectivity index (χ0n) is 14.5. The molecule has 1 amide bonds. The summed E-state index contributed by atoms with van der Waals surface area (Å²) in [6.45, 7) is 0. The van der Waals surface area contributed by atoms with Gasteiger partial charge >= 0.3 is 6.09 Å². The van der Waals surface area contributed by atoms with E-state index < -0.39 is 6.09 Å². The molecule has 0 atom stereocenters. The molecule has 0 bridgehead atoms. The number of carbonyl (C=O) groups is 1. The van der Waals surface area contributed by atoms with Crippen molar-refractivity contribution < 1.29 is 14.2 Å². The highest BCUT2D eigenvalue weighted by Crippen LogP contribution is 2.28. The van der Waals surface area contributed by atoms with Gasteiger partial charge in [0.15, 0.2) is 0 Å². The maximum Gasteiger partial charge on any atom is 0.475 e. The third-order valence-corrected chi connectivity index (χ3v) is 4.83. The Balaban J connectivity index is 1.77. The number of anilines is 1. The molecule has 2 aromatic carbocycles. The molecule has 0 saturated carbocycles. The minimum atomic E-state index is -0.608. The SMILES string of the molecule is O=C(Oc1cccc2ccccc12)N(c1ncc(Cl)cc1Br)[n+]1ccccc1. The fourth-order valence-corrected chi connectivity index (χ4v) is 3.60. The van der Waals surface area contributed by atoms with Crippen LogP contribution < -0.4 is 14.4 Å². The van der Waals surface area contributed by atoms with Crippen molar-refractivity contribution >= 4 is 50.2 Å². The van der Waals surface area contributed by atoms with Gasteiger partial charge in [-0.3, -0.25) is 0 Å². The summed E-state index contributed by atoms with van der Waals surface area (Å²) in [5.74, 6) is 0.820. The van der Waals surface area contributed by atoms with Crippen molar-refractivity contribution in [2.75, 3.05) is 5.01 Å². The Bertz CT molecular complexity index is 1150. The number of carbonyl (C=O) groups excluding carboxylic acids is 1. The molecule has 0 spiro atoms. The van der Waals surface area contributed by atoms with Crippen molar-refractivity contribution in [1.29, 1.82) is 0 Å². The molecule has 138 valence electrons. The second kappa shape index (κ2) is 7.96. The molecule has 0 saturated heterocycles. The molecular weight excluding hydrogens is 442 g/mol. The van der Waals surface area contributed by atoms with Crippen molar-refractivity contribution in [3.63, 3.8) is 0 Å². The number of hydrogen-bond acceptors (Lipinski definition) is 3. The zero-order valence-corrected chi connectivity index (χ0v) is 16.8. The summed E-state index contributed by atoms with van der Waals surface area (Å²) >= 11 is 9.44. The van der Waals surface area contributed by atoms with E-state index in [1.807, 2.05) is 54.6 Å². The van der Waals surface area contributed by atoms with Crippen LogP contribution in [-0.2, 0) is 0 Å². The summed E-state index contributed by atoms with van der Waals surface area (Å²) in [7, 11) is 0. The van der Waals surface area contributed by atoms with Gasteiger partial charge in [0.1, 0.15) is 5.75 Å². The fourth-order valence-electron chi connectivity index (χ4n) is 2.80. The van der Waals surface area contributed by atoms with Gasteiger partial charge in [-0.05, 0) is 38.5 Å². The van der Waals surface area contributed by atoms with Crippen LogP contribution in [0.2, 0.25) is 5.02 Å². The van der Waals surface area contributed by atoms with E-state index in [0.29, 0.717) is 21.1 Å². The van der Waals surface area contributed by atoms with Gasteiger partial charge in [-0.15, -0.1) is 0 Å². The maximum atomic E-state index is 13.2. The van der Waals surface area contributed by atoms with Crippen LogP contribution in [0.15, 0.2) is 89.8 Å². The maximum absolute atomic E-state index is 13.2. The molecule has 0 aliphatic heterocycles. The molecule has 4 aromatic rings. The van der Waals surface area contributed by atoms with Crippen molar-refractivity contribution in [2.24, 2.45) is 0 Å². The Morgan fingerprint density at radius 2 is 1.79 bits per heavy atom. The van der Waals surface area contributed by atoms with E-state index in [1.165, 1.54) is 11.2 Å². The third-order valence-electron chi connectivity index (χ3n) is 4.04. The number of amides is 1. The highest BCUT2D eigenvalue weighted by atomic mass is 79.9. The van der Waals surface area contributed by atoms with Crippen LogP contribution in [-0.4, -0.2) is 11.1 Å². The predicted molar refractivity (Wildman–Crippen MR) is 111 cm³/mol. The Kier molecular flexibility index (Phi) is 5.23. The molecule has 28 heavy (non-hydrogen) atoms. The molecular formula is C21H14BrClN3O2+. The number of hydrogen-bond donors (Lipinski definition) is 0. The molecule has 4 rings (SSSR count). The van der Waals surface area contributed by atoms with Gasteiger partial charge in [-0.1, -0.05) is 58.7 Å². The lowest BCUT2D eigenvalue weighted by molar-refractivity contribution is -0.675. The van der Waals surface area contributed by atoms with Crippen LogP contribution in [0.25, 0.3) is 10.8 Å². The van der Waals surface area contributed by atoms with Gasteiger partial charge in [0.25, 0.3) is 0 Å². The number of aromatic nitrogens is 2. The number of pyridine rings is 2. The zero-order chi connectivity index (χ0) is 19.5. The van der Waals surface area contributed by atoms with Gasteiger partial charge in [-0.25, -0.2) is 9.78 Å². The van der Waals surface area contributed by atoms with Crippen molar-refractivity contribution in [2.45, 2.75) is 0 Å². The summed E-state index contributed by atoms with van der Waals surface area (Å²) in [4.78, 5) is 17.5. The second-order valence-electron chi connectivity index (χ2n) is 5.87. The standard InChI is InChI=1S/C21H14BrClN3O2/c22-18-13-16(23)14-24-20(18)26(25-11-4-1-5-12-25)21(27)28-19-10-6-8-15-7-2-3-9-17(15)19/h1-14H/q+1. The predicted octanol–water partition coefficient (Wildman–Crippen LogP) is 5.41. The number of nitrogens with zero attached hydrogens (tertiary/aromatic N) is 3. The first-order valence-electron chi connectivity index (χ1n) is 8.41. The first-order chi connectivity index (χ1) is 13.6. The smallest absolute Gasteiger partial charge is 0.406 e. The molecule has 7 heteroatoms. The number of ether oxygens (including phenoxy) is 1. The van der Waals surface area contributed by atoms with Gasteiger partial charge in [-0.2, -0.15) is 0 Å². The molecule has 2 aromatic heterocycles. The summed E-state index contributed by atoms with van der Waals surface area (Å²) in [6.07, 6.45) is 4.33. The number of rotatable bonds is 3. The summed E-state index contributed by atoms with van der Waals surface area (Å²) in [6, 6.07) is 20.4. The van der Waals surface area contributed by atoms with E-state index >= 15 is 0 Å². The first-order valence-corrected chi connectivity index (χ1v) is 9.58. The molecule has 0 aliphatic rings. The summed E-state index contributed by atoms with van der Waals surface area (Å²) in [5, 5.41) is 3.61. The van der Waals surface area contributed by atoms with E-state index in [0.717, 1.165) is 10.8 Å². The minimum absolute atomic E-state index is 0.353. The number of benzene rings is 2. The van der Waals surface area contributed by atoms with Crippen LogP contribution in [0.5, 0.6) is 5.75 Å². The highest BCUT2D eigenvalue weighted by Gasteiger charge is 2.31. The first kappa shape index (κ1) is 18.4. The van der Waals surface area contributed by atoms with E-state index in [1.54, 1.807) is 29.2 Å². The van der Waals surface area contributed by atoms with Crippen LogP contribution >= 0.6 is 27.5 Å². The highest BCUT2D eigenvalue weighted by molar-refractivity contribution is 9.10. The van der Waals surface area contributed by atoms with Gasteiger partial charge in [0, 0.05) is 23.7 Å². The topological polar surface area (TPSA) is 46.3 Å². The average Bonchev–Trinajstić information content (AvgIpc) is 2.71. The van der Waals surface area contributed by atoms with E-state index in [2.05, 4.69) is 20.9 Å². The van der Waals surface area contributed by atoms with E-state index in [9.17, 15) is 4.79 Å². The monoisotopic (exact) mass is 454 g/mol. The van der Waals surface area contributed by atoms with Crippen LogP contribution in [0.1, 0.15) is 0 Å². The third kappa shape index (κ3) is 3.69. The Morgan fingerprint density at radius 3 is 2.57 bits per heavy atom. The van der Waals surface area contributed by atoms with Gasteiger partial charge in [0.2, 0.25) is 18.2 Å². The molecule has 0 unspecified atom stereocenters. The van der Waals surface area contributed by atoms with Gasteiger partial charge in [0.05, 0.1) is 9.50 Å². The molecule has 0 radical (unpaired) electrons. The minimum Gasteiger partial charge on any atom is -0.406 e. The largest absolute Gasteiger partial charge is 0.475 e. The van der Waals surface area contributed by atoms with Crippen molar-refractivity contribution in [3.05, 3.63) is 94.8 Å². The molecule has 2 heterocycles. The molecule has 0 N–H and O–H groups in total. The fraction of sp³-hybridized carbons (Fsp3) is 0. The average molecular weight is 456 g/mol. The summed E-state index contributed by atoms with van der Waals surface area (Å²) < 4.78 is 7.91. The Hall–Kier alpha value is -2.96. The lowest BCUT2D eigenvalue weighted by Gasteiger charge is -2.16. The second-order valence-corrected chi connectivity index (χ2v) is 7.16. The molecule has 0 fully saturated rings.